The number of thiophene rings is 1. The number of methoxy groups -OCH3 is 1. The number of ether oxygens (including phenoxy) is 1. The number of hydrogen-bond acceptors (Lipinski definition) is 6. The first-order chi connectivity index (χ1) is 13.0. The number of benzene rings is 1. The molecule has 1 aromatic heterocycles. The number of anilines is 2. The van der Waals surface area contributed by atoms with E-state index in [1.54, 1.807) is 7.11 Å². The molecule has 0 bridgehead atoms. The third-order valence-electron chi connectivity index (χ3n) is 4.32. The molecule has 0 unspecified atom stereocenters. The maximum atomic E-state index is 12.9. The molecule has 27 heavy (non-hydrogen) atoms. The van der Waals surface area contributed by atoms with Gasteiger partial charge in [0, 0.05) is 50.6 Å². The van der Waals surface area contributed by atoms with Crippen LogP contribution in [0.5, 0.6) is 0 Å². The lowest BCUT2D eigenvalue weighted by Gasteiger charge is -2.15. The second kappa shape index (κ2) is 8.37. The zero-order chi connectivity index (χ0) is 19.4. The van der Waals surface area contributed by atoms with Gasteiger partial charge in [0.1, 0.15) is 5.70 Å². The van der Waals surface area contributed by atoms with Crippen LogP contribution in [-0.2, 0) is 14.3 Å². The summed E-state index contributed by atoms with van der Waals surface area (Å²) in [5.74, 6) is -0.554. The topological polar surface area (TPSA) is 61.9 Å². The van der Waals surface area contributed by atoms with Gasteiger partial charge in [-0.05, 0) is 42.1 Å². The molecule has 3 rings (SSSR count). The van der Waals surface area contributed by atoms with Crippen molar-refractivity contribution in [3.05, 3.63) is 52.4 Å². The van der Waals surface area contributed by atoms with Crippen LogP contribution in [0.25, 0.3) is 5.57 Å². The average molecular weight is 385 g/mol. The lowest BCUT2D eigenvalue weighted by Crippen LogP contribution is -2.33. The second-order valence-corrected chi connectivity index (χ2v) is 7.35. The Morgan fingerprint density at radius 1 is 1.11 bits per heavy atom. The number of nitrogens with one attached hydrogen (secondary N) is 1. The molecule has 1 N–H and O–H groups in total. The van der Waals surface area contributed by atoms with Gasteiger partial charge in [-0.1, -0.05) is 6.07 Å². The number of amides is 2. The minimum absolute atomic E-state index is 0.258. The van der Waals surface area contributed by atoms with E-state index in [1.165, 1.54) is 16.2 Å². The summed E-state index contributed by atoms with van der Waals surface area (Å²) in [7, 11) is 5.54. The number of carbonyl (C=O) groups is 2. The van der Waals surface area contributed by atoms with E-state index in [9.17, 15) is 9.59 Å². The minimum Gasteiger partial charge on any atom is -0.385 e. The molecule has 1 aliphatic rings. The molecule has 6 nitrogen and oxygen atoms in total. The van der Waals surface area contributed by atoms with Gasteiger partial charge in [0.15, 0.2) is 0 Å². The summed E-state index contributed by atoms with van der Waals surface area (Å²) in [5, 5.41) is 5.07. The molecule has 2 aromatic rings. The molecule has 0 atom stereocenters. The molecule has 1 aliphatic heterocycles. The van der Waals surface area contributed by atoms with Crippen molar-refractivity contribution in [2.24, 2.45) is 0 Å². The number of carbonyl (C=O) groups excluding carboxylic acids is 2. The molecule has 0 fully saturated rings. The maximum Gasteiger partial charge on any atom is 0.278 e. The molecule has 1 aromatic carbocycles. The van der Waals surface area contributed by atoms with E-state index in [0.717, 1.165) is 16.3 Å². The Labute approximate surface area is 163 Å². The Balaban J connectivity index is 1.90. The van der Waals surface area contributed by atoms with Gasteiger partial charge in [-0.2, -0.15) is 0 Å². The number of rotatable bonds is 8. The SMILES string of the molecule is COCCCN1C(=O)C(Nc2ccc(N(C)C)cc2)=C(c2cccs2)C1=O. The fourth-order valence-electron chi connectivity index (χ4n) is 2.90. The Morgan fingerprint density at radius 2 is 1.85 bits per heavy atom. The Kier molecular flexibility index (Phi) is 5.93. The van der Waals surface area contributed by atoms with Crippen molar-refractivity contribution < 1.29 is 14.3 Å². The molecule has 0 spiro atoms. The Hall–Kier alpha value is -2.64. The molecular formula is C20H23N3O3S. The first kappa shape index (κ1) is 19.1. The summed E-state index contributed by atoms with van der Waals surface area (Å²) in [4.78, 5) is 29.9. The lowest BCUT2D eigenvalue weighted by atomic mass is 10.2. The third-order valence-corrected chi connectivity index (χ3v) is 5.21. The van der Waals surface area contributed by atoms with Crippen molar-refractivity contribution in [1.82, 2.24) is 4.90 Å². The molecule has 0 radical (unpaired) electrons. The van der Waals surface area contributed by atoms with Crippen LogP contribution in [0.4, 0.5) is 11.4 Å². The molecule has 7 heteroatoms. The van der Waals surface area contributed by atoms with Gasteiger partial charge in [-0.25, -0.2) is 0 Å². The zero-order valence-corrected chi connectivity index (χ0v) is 16.5. The van der Waals surface area contributed by atoms with E-state index in [0.29, 0.717) is 30.8 Å². The highest BCUT2D eigenvalue weighted by molar-refractivity contribution is 7.11. The molecule has 142 valence electrons. The number of imide groups is 1. The van der Waals surface area contributed by atoms with Crippen LogP contribution in [0.15, 0.2) is 47.5 Å². The summed E-state index contributed by atoms with van der Waals surface area (Å²) in [6.07, 6.45) is 0.608. The van der Waals surface area contributed by atoms with Crippen LogP contribution >= 0.6 is 11.3 Å². The molecule has 0 aliphatic carbocycles. The van der Waals surface area contributed by atoms with Gasteiger partial charge in [-0.3, -0.25) is 14.5 Å². The third kappa shape index (κ3) is 4.04. The summed E-state index contributed by atoms with van der Waals surface area (Å²) in [6, 6.07) is 11.5. The molecule has 0 saturated heterocycles. The number of hydrogen-bond donors (Lipinski definition) is 1. The van der Waals surface area contributed by atoms with Crippen LogP contribution in [-0.4, -0.2) is 51.1 Å². The fraction of sp³-hybridized carbons (Fsp3) is 0.300. The van der Waals surface area contributed by atoms with E-state index >= 15 is 0 Å². The summed E-state index contributed by atoms with van der Waals surface area (Å²) in [6.45, 7) is 0.839. The highest BCUT2D eigenvalue weighted by Gasteiger charge is 2.39. The predicted octanol–water partition coefficient (Wildman–Crippen LogP) is 3.04. The zero-order valence-electron chi connectivity index (χ0n) is 15.7. The van der Waals surface area contributed by atoms with Gasteiger partial charge in [-0.15, -0.1) is 11.3 Å². The quantitative estimate of drug-likeness (QED) is 0.559. The van der Waals surface area contributed by atoms with Gasteiger partial charge < -0.3 is 15.0 Å². The second-order valence-electron chi connectivity index (χ2n) is 6.40. The Bertz CT molecular complexity index is 842. The van der Waals surface area contributed by atoms with Crippen molar-refractivity contribution in [1.29, 1.82) is 0 Å². The standard InChI is InChI=1S/C20H23N3O3S/c1-22(2)15-9-7-14(8-10-15)21-18-17(16-6-4-13-27-16)19(24)23(20(18)25)11-5-12-26-3/h4,6-10,13,21H,5,11-12H2,1-3H3. The van der Waals surface area contributed by atoms with Crippen molar-refractivity contribution >= 4 is 40.1 Å². The first-order valence-electron chi connectivity index (χ1n) is 8.70. The van der Waals surface area contributed by atoms with Crippen LogP contribution in [0.2, 0.25) is 0 Å². The molecular weight excluding hydrogens is 362 g/mol. The monoisotopic (exact) mass is 385 g/mol. The smallest absolute Gasteiger partial charge is 0.278 e. The Morgan fingerprint density at radius 3 is 2.44 bits per heavy atom. The number of nitrogens with zero attached hydrogens (tertiary/aromatic N) is 2. The average Bonchev–Trinajstić information content (AvgIpc) is 3.25. The molecule has 0 saturated carbocycles. The van der Waals surface area contributed by atoms with E-state index in [-0.39, 0.29) is 11.8 Å². The molecule has 2 amide bonds. The van der Waals surface area contributed by atoms with Crippen LogP contribution in [0, 0.1) is 0 Å². The van der Waals surface area contributed by atoms with Crippen molar-refractivity contribution in [2.75, 3.05) is 44.6 Å². The fourth-order valence-corrected chi connectivity index (χ4v) is 3.67. The van der Waals surface area contributed by atoms with Gasteiger partial charge in [0.2, 0.25) is 0 Å². The molecule has 2 heterocycles. The normalized spacial score (nSPS) is 14.3. The summed E-state index contributed by atoms with van der Waals surface area (Å²) >= 11 is 1.45. The van der Waals surface area contributed by atoms with Crippen LogP contribution < -0.4 is 10.2 Å². The predicted molar refractivity (Wildman–Crippen MR) is 109 cm³/mol. The van der Waals surface area contributed by atoms with Crippen molar-refractivity contribution in [3.63, 3.8) is 0 Å². The minimum atomic E-state index is -0.295. The van der Waals surface area contributed by atoms with Crippen molar-refractivity contribution in [3.8, 4) is 0 Å². The van der Waals surface area contributed by atoms with Crippen LogP contribution in [0.3, 0.4) is 0 Å². The van der Waals surface area contributed by atoms with E-state index in [1.807, 2.05) is 60.8 Å². The van der Waals surface area contributed by atoms with Crippen LogP contribution in [0.1, 0.15) is 11.3 Å². The highest BCUT2D eigenvalue weighted by Crippen LogP contribution is 2.33. The first-order valence-corrected chi connectivity index (χ1v) is 9.58. The van der Waals surface area contributed by atoms with E-state index in [2.05, 4.69) is 5.32 Å². The van der Waals surface area contributed by atoms with Gasteiger partial charge in [0.05, 0.1) is 5.57 Å². The highest BCUT2D eigenvalue weighted by atomic mass is 32.1. The summed E-state index contributed by atoms with van der Waals surface area (Å²) in [5.41, 5.74) is 2.59. The van der Waals surface area contributed by atoms with Crippen molar-refractivity contribution in [2.45, 2.75) is 6.42 Å². The maximum absolute atomic E-state index is 12.9. The summed E-state index contributed by atoms with van der Waals surface area (Å²) < 4.78 is 5.04. The lowest BCUT2D eigenvalue weighted by molar-refractivity contribution is -0.136. The van der Waals surface area contributed by atoms with Gasteiger partial charge >= 0.3 is 0 Å². The van der Waals surface area contributed by atoms with Gasteiger partial charge in [0.25, 0.3) is 11.8 Å². The largest absolute Gasteiger partial charge is 0.385 e. The van der Waals surface area contributed by atoms with E-state index in [4.69, 9.17) is 4.74 Å². The van der Waals surface area contributed by atoms with E-state index < -0.39 is 0 Å².